The van der Waals surface area contributed by atoms with Gasteiger partial charge in [-0.3, -0.25) is 4.90 Å². The fourth-order valence-electron chi connectivity index (χ4n) is 3.25. The number of aliphatic hydroxyl groups excluding tert-OH is 1. The normalized spacial score (nSPS) is 54.3. The summed E-state index contributed by atoms with van der Waals surface area (Å²) in [5.74, 6) is 0.961. The maximum atomic E-state index is 9.32. The summed E-state index contributed by atoms with van der Waals surface area (Å²) in [5, 5.41) is 9.32. The second-order valence-corrected chi connectivity index (χ2v) is 4.45. The van der Waals surface area contributed by atoms with Crippen molar-refractivity contribution in [2.45, 2.75) is 37.3 Å². The molecule has 2 heterocycles. The van der Waals surface area contributed by atoms with Crippen LogP contribution in [0.5, 0.6) is 0 Å². The molecule has 3 aliphatic rings. The van der Waals surface area contributed by atoms with Gasteiger partial charge in [0.15, 0.2) is 0 Å². The SMILES string of the molecule is OC[C@@]12CCCN1[C@H]1C[C@H]1C2. The number of aliphatic hydroxyl groups is 1. The van der Waals surface area contributed by atoms with Gasteiger partial charge in [0.05, 0.1) is 6.61 Å². The molecule has 2 aliphatic heterocycles. The smallest absolute Gasteiger partial charge is 0.0615 e. The van der Waals surface area contributed by atoms with Crippen molar-refractivity contribution in [1.82, 2.24) is 4.90 Å². The molecule has 2 heteroatoms. The molecule has 62 valence electrons. The third-order valence-corrected chi connectivity index (χ3v) is 3.87. The van der Waals surface area contributed by atoms with Crippen LogP contribution >= 0.6 is 0 Å². The average molecular weight is 153 g/mol. The minimum Gasteiger partial charge on any atom is -0.394 e. The van der Waals surface area contributed by atoms with Crippen molar-refractivity contribution in [2.75, 3.05) is 13.2 Å². The number of hydrogen-bond donors (Lipinski definition) is 1. The van der Waals surface area contributed by atoms with Crippen molar-refractivity contribution < 1.29 is 5.11 Å². The lowest BCUT2D eigenvalue weighted by Crippen LogP contribution is -2.44. The van der Waals surface area contributed by atoms with E-state index in [1.165, 1.54) is 32.2 Å². The van der Waals surface area contributed by atoms with Gasteiger partial charge in [0.25, 0.3) is 0 Å². The summed E-state index contributed by atoms with van der Waals surface area (Å²) in [6, 6.07) is 0.879. The van der Waals surface area contributed by atoms with Crippen LogP contribution in [-0.4, -0.2) is 34.7 Å². The molecule has 0 aromatic carbocycles. The average Bonchev–Trinajstić information content (AvgIpc) is 2.55. The van der Waals surface area contributed by atoms with Crippen LogP contribution in [0.15, 0.2) is 0 Å². The largest absolute Gasteiger partial charge is 0.394 e. The topological polar surface area (TPSA) is 23.5 Å². The van der Waals surface area contributed by atoms with E-state index in [0.717, 1.165) is 12.0 Å². The molecule has 3 atom stereocenters. The Bertz CT molecular complexity index is 194. The molecule has 2 saturated heterocycles. The highest BCUT2D eigenvalue weighted by molar-refractivity contribution is 5.15. The Labute approximate surface area is 67.2 Å². The first kappa shape index (κ1) is 6.44. The first-order chi connectivity index (χ1) is 5.36. The van der Waals surface area contributed by atoms with Crippen molar-refractivity contribution in [2.24, 2.45) is 5.92 Å². The van der Waals surface area contributed by atoms with Gasteiger partial charge < -0.3 is 5.11 Å². The standard InChI is InChI=1S/C9H15NO/c11-6-9-2-1-3-10(9)8-4-7(8)5-9/h7-8,11H,1-6H2/t7-,8-,9-/m0/s1. The van der Waals surface area contributed by atoms with Gasteiger partial charge >= 0.3 is 0 Å². The van der Waals surface area contributed by atoms with Crippen molar-refractivity contribution >= 4 is 0 Å². The highest BCUT2D eigenvalue weighted by atomic mass is 16.3. The lowest BCUT2D eigenvalue weighted by atomic mass is 9.93. The summed E-state index contributed by atoms with van der Waals surface area (Å²) >= 11 is 0. The zero-order valence-electron chi connectivity index (χ0n) is 6.79. The fourth-order valence-corrected chi connectivity index (χ4v) is 3.25. The van der Waals surface area contributed by atoms with Gasteiger partial charge in [-0.25, -0.2) is 0 Å². The number of fused-ring (bicyclic) bond motifs is 3. The molecule has 0 aromatic heterocycles. The van der Waals surface area contributed by atoms with Crippen LogP contribution in [0.4, 0.5) is 0 Å². The van der Waals surface area contributed by atoms with E-state index in [-0.39, 0.29) is 5.54 Å². The van der Waals surface area contributed by atoms with E-state index in [0.29, 0.717) is 6.61 Å². The van der Waals surface area contributed by atoms with E-state index >= 15 is 0 Å². The zero-order valence-corrected chi connectivity index (χ0v) is 6.79. The minimum absolute atomic E-state index is 0.258. The van der Waals surface area contributed by atoms with Crippen molar-refractivity contribution in [3.8, 4) is 0 Å². The van der Waals surface area contributed by atoms with E-state index in [1.807, 2.05) is 0 Å². The maximum Gasteiger partial charge on any atom is 0.0615 e. The fraction of sp³-hybridized carbons (Fsp3) is 1.00. The Morgan fingerprint density at radius 2 is 2.45 bits per heavy atom. The third-order valence-electron chi connectivity index (χ3n) is 3.87. The van der Waals surface area contributed by atoms with Crippen LogP contribution in [-0.2, 0) is 0 Å². The van der Waals surface area contributed by atoms with Crippen molar-refractivity contribution in [3.63, 3.8) is 0 Å². The zero-order chi connectivity index (χ0) is 7.47. The van der Waals surface area contributed by atoms with Gasteiger partial charge in [0, 0.05) is 11.6 Å². The number of piperidine rings is 1. The summed E-state index contributed by atoms with van der Waals surface area (Å²) < 4.78 is 0. The monoisotopic (exact) mass is 153 g/mol. The Hall–Kier alpha value is -0.0800. The van der Waals surface area contributed by atoms with Gasteiger partial charge in [-0.05, 0) is 38.1 Å². The molecule has 0 spiro atoms. The highest BCUT2D eigenvalue weighted by Gasteiger charge is 2.60. The Morgan fingerprint density at radius 1 is 1.55 bits per heavy atom. The summed E-state index contributed by atoms with van der Waals surface area (Å²) in [6.45, 7) is 1.65. The van der Waals surface area contributed by atoms with Crippen LogP contribution in [0.1, 0.15) is 25.7 Å². The number of hydrogen-bond acceptors (Lipinski definition) is 2. The Kier molecular flexibility index (Phi) is 1.06. The lowest BCUT2D eigenvalue weighted by molar-refractivity contribution is 0.0794. The van der Waals surface area contributed by atoms with E-state index in [2.05, 4.69) is 4.90 Å². The molecule has 0 unspecified atom stereocenters. The minimum atomic E-state index is 0.258. The van der Waals surface area contributed by atoms with Crippen molar-refractivity contribution in [3.05, 3.63) is 0 Å². The second kappa shape index (κ2) is 1.80. The molecule has 0 radical (unpaired) electrons. The summed E-state index contributed by atoms with van der Waals surface area (Å²) in [4.78, 5) is 2.58. The van der Waals surface area contributed by atoms with Crippen LogP contribution in [0.3, 0.4) is 0 Å². The van der Waals surface area contributed by atoms with E-state index in [1.54, 1.807) is 0 Å². The second-order valence-electron chi connectivity index (χ2n) is 4.45. The first-order valence-corrected chi connectivity index (χ1v) is 4.73. The van der Waals surface area contributed by atoms with E-state index in [4.69, 9.17) is 0 Å². The molecule has 1 aliphatic carbocycles. The van der Waals surface area contributed by atoms with Crippen LogP contribution in [0.25, 0.3) is 0 Å². The molecule has 1 saturated carbocycles. The molecule has 0 amide bonds. The molecular weight excluding hydrogens is 138 g/mol. The predicted octanol–water partition coefficient (Wildman–Crippen LogP) is 0.605. The first-order valence-electron chi connectivity index (χ1n) is 4.73. The van der Waals surface area contributed by atoms with E-state index < -0.39 is 0 Å². The summed E-state index contributed by atoms with van der Waals surface area (Å²) in [7, 11) is 0. The molecule has 0 bridgehead atoms. The molecule has 11 heavy (non-hydrogen) atoms. The summed E-state index contributed by atoms with van der Waals surface area (Å²) in [6.07, 6.45) is 5.26. The number of nitrogens with zero attached hydrogens (tertiary/aromatic N) is 1. The van der Waals surface area contributed by atoms with Gasteiger partial charge in [0.2, 0.25) is 0 Å². The van der Waals surface area contributed by atoms with Gasteiger partial charge in [-0.15, -0.1) is 0 Å². The van der Waals surface area contributed by atoms with Gasteiger partial charge in [-0.2, -0.15) is 0 Å². The van der Waals surface area contributed by atoms with Gasteiger partial charge in [0.1, 0.15) is 0 Å². The predicted molar refractivity (Wildman–Crippen MR) is 42.3 cm³/mol. The highest BCUT2D eigenvalue weighted by Crippen LogP contribution is 2.56. The molecule has 1 N–H and O–H groups in total. The maximum absolute atomic E-state index is 9.32. The number of rotatable bonds is 1. The summed E-state index contributed by atoms with van der Waals surface area (Å²) in [5.41, 5.74) is 0.258. The van der Waals surface area contributed by atoms with Crippen LogP contribution < -0.4 is 0 Å². The lowest BCUT2D eigenvalue weighted by Gasteiger charge is -2.32. The quantitative estimate of drug-likeness (QED) is 0.596. The molecule has 0 aromatic rings. The Balaban J connectivity index is 1.91. The van der Waals surface area contributed by atoms with Crippen LogP contribution in [0, 0.1) is 5.92 Å². The van der Waals surface area contributed by atoms with Gasteiger partial charge in [-0.1, -0.05) is 0 Å². The molecular formula is C9H15NO. The Morgan fingerprint density at radius 3 is 3.18 bits per heavy atom. The third kappa shape index (κ3) is 0.651. The van der Waals surface area contributed by atoms with Crippen LogP contribution in [0.2, 0.25) is 0 Å². The van der Waals surface area contributed by atoms with E-state index in [9.17, 15) is 5.11 Å². The molecule has 3 fully saturated rings. The van der Waals surface area contributed by atoms with Crippen molar-refractivity contribution in [1.29, 1.82) is 0 Å². The molecule has 3 rings (SSSR count). The molecule has 2 nitrogen and oxygen atoms in total.